The molecule has 0 unspecified atom stereocenters. The fourth-order valence-corrected chi connectivity index (χ4v) is 1.62. The second-order valence-electron chi connectivity index (χ2n) is 4.06. The van der Waals surface area contributed by atoms with Crippen molar-refractivity contribution < 1.29 is 14.4 Å². The Morgan fingerprint density at radius 1 is 1.73 bits per heavy atom. The summed E-state index contributed by atoms with van der Waals surface area (Å²) in [6.07, 6.45) is 3.93. The summed E-state index contributed by atoms with van der Waals surface area (Å²) < 4.78 is 4.78. The maximum absolute atomic E-state index is 11.6. The van der Waals surface area contributed by atoms with Gasteiger partial charge in [0, 0.05) is 6.54 Å². The first-order valence-corrected chi connectivity index (χ1v) is 5.03. The van der Waals surface area contributed by atoms with Gasteiger partial charge in [-0.3, -0.25) is 4.79 Å². The summed E-state index contributed by atoms with van der Waals surface area (Å²) in [6.45, 7) is 1.98. The highest BCUT2D eigenvalue weighted by molar-refractivity contribution is 5.94. The Balaban J connectivity index is 1.90. The highest BCUT2D eigenvalue weighted by Crippen LogP contribution is 2.30. The fraction of sp³-hybridized carbons (Fsp3) is 0.600. The lowest BCUT2D eigenvalue weighted by atomic mass is 9.80. The summed E-state index contributed by atoms with van der Waals surface area (Å²) in [6, 6.07) is 0. The number of aryl methyl sites for hydroxylation is 1. The molecule has 0 bridgehead atoms. The quantitative estimate of drug-likeness (QED) is 0.767. The van der Waals surface area contributed by atoms with Gasteiger partial charge in [0.15, 0.2) is 0 Å². The number of aromatic nitrogens is 1. The number of carbonyl (C=O) groups excluding carboxylic acids is 1. The first-order chi connectivity index (χ1) is 7.11. The van der Waals surface area contributed by atoms with Crippen LogP contribution in [0.5, 0.6) is 0 Å². The molecule has 0 aromatic carbocycles. The standard InChI is InChI=1S/C10H14N2O3/c1-7-8(5-12-15-7)9(13)11-6-10(14)3-2-4-10/h5,14H,2-4,6H2,1H3,(H,11,13). The summed E-state index contributed by atoms with van der Waals surface area (Å²) >= 11 is 0. The number of amides is 1. The van der Waals surface area contributed by atoms with Crippen molar-refractivity contribution in [3.63, 3.8) is 0 Å². The lowest BCUT2D eigenvalue weighted by Gasteiger charge is -2.36. The van der Waals surface area contributed by atoms with Crippen LogP contribution in [0.25, 0.3) is 0 Å². The maximum atomic E-state index is 11.6. The lowest BCUT2D eigenvalue weighted by Crippen LogP contribution is -2.47. The maximum Gasteiger partial charge on any atom is 0.256 e. The van der Waals surface area contributed by atoms with Gasteiger partial charge >= 0.3 is 0 Å². The van der Waals surface area contributed by atoms with Gasteiger partial charge in [0.1, 0.15) is 11.3 Å². The Hall–Kier alpha value is -1.36. The third-order valence-electron chi connectivity index (χ3n) is 2.86. The van der Waals surface area contributed by atoms with E-state index in [9.17, 15) is 9.90 Å². The molecule has 0 saturated heterocycles. The van der Waals surface area contributed by atoms with Crippen LogP contribution < -0.4 is 5.32 Å². The first kappa shape index (κ1) is 10.2. The van der Waals surface area contributed by atoms with E-state index >= 15 is 0 Å². The molecule has 1 aliphatic rings. The Labute approximate surface area is 87.5 Å². The van der Waals surface area contributed by atoms with Gasteiger partial charge in [-0.15, -0.1) is 0 Å². The molecule has 1 amide bonds. The zero-order chi connectivity index (χ0) is 10.9. The number of aliphatic hydroxyl groups is 1. The second-order valence-corrected chi connectivity index (χ2v) is 4.06. The van der Waals surface area contributed by atoms with E-state index in [2.05, 4.69) is 10.5 Å². The minimum Gasteiger partial charge on any atom is -0.388 e. The van der Waals surface area contributed by atoms with Gasteiger partial charge in [0.2, 0.25) is 0 Å². The molecule has 82 valence electrons. The lowest BCUT2D eigenvalue weighted by molar-refractivity contribution is -0.0300. The van der Waals surface area contributed by atoms with Crippen LogP contribution in [-0.2, 0) is 0 Å². The van der Waals surface area contributed by atoms with E-state index in [0.29, 0.717) is 17.9 Å². The van der Waals surface area contributed by atoms with Crippen molar-refractivity contribution in [3.8, 4) is 0 Å². The van der Waals surface area contributed by atoms with E-state index in [1.807, 2.05) is 0 Å². The van der Waals surface area contributed by atoms with Gasteiger partial charge in [-0.05, 0) is 26.2 Å². The Morgan fingerprint density at radius 3 is 2.93 bits per heavy atom. The van der Waals surface area contributed by atoms with Crippen LogP contribution in [0.2, 0.25) is 0 Å². The molecule has 1 fully saturated rings. The molecule has 2 N–H and O–H groups in total. The monoisotopic (exact) mass is 210 g/mol. The Bertz CT molecular complexity index is 368. The van der Waals surface area contributed by atoms with E-state index in [1.54, 1.807) is 6.92 Å². The Kier molecular flexibility index (Phi) is 2.48. The third kappa shape index (κ3) is 2.02. The largest absolute Gasteiger partial charge is 0.388 e. The summed E-state index contributed by atoms with van der Waals surface area (Å²) in [4.78, 5) is 11.6. The first-order valence-electron chi connectivity index (χ1n) is 5.03. The van der Waals surface area contributed by atoms with Crippen molar-refractivity contribution in [2.24, 2.45) is 0 Å². The summed E-state index contributed by atoms with van der Waals surface area (Å²) in [7, 11) is 0. The summed E-state index contributed by atoms with van der Waals surface area (Å²) in [5.41, 5.74) is -0.265. The molecule has 1 saturated carbocycles. The molecule has 0 aliphatic heterocycles. The fourth-order valence-electron chi connectivity index (χ4n) is 1.62. The molecule has 15 heavy (non-hydrogen) atoms. The van der Waals surface area contributed by atoms with Gasteiger partial charge in [0.25, 0.3) is 5.91 Å². The van der Waals surface area contributed by atoms with Crippen LogP contribution >= 0.6 is 0 Å². The minimum atomic E-state index is -0.694. The van der Waals surface area contributed by atoms with E-state index in [0.717, 1.165) is 19.3 Å². The minimum absolute atomic E-state index is 0.242. The van der Waals surface area contributed by atoms with Crippen LogP contribution in [0, 0.1) is 6.92 Å². The molecule has 1 aromatic heterocycles. The van der Waals surface area contributed by atoms with Crippen LogP contribution in [0.15, 0.2) is 10.7 Å². The summed E-state index contributed by atoms with van der Waals surface area (Å²) in [5, 5.41) is 16.0. The zero-order valence-corrected chi connectivity index (χ0v) is 8.62. The molecule has 1 aliphatic carbocycles. The van der Waals surface area contributed by atoms with Crippen molar-refractivity contribution in [1.82, 2.24) is 10.5 Å². The number of carbonyl (C=O) groups is 1. The number of hydrogen-bond acceptors (Lipinski definition) is 4. The molecule has 1 aromatic rings. The second kappa shape index (κ2) is 3.66. The SMILES string of the molecule is Cc1oncc1C(=O)NCC1(O)CCC1. The molecule has 5 nitrogen and oxygen atoms in total. The average molecular weight is 210 g/mol. The molecule has 0 atom stereocenters. The van der Waals surface area contributed by atoms with Gasteiger partial charge in [-0.25, -0.2) is 0 Å². The van der Waals surface area contributed by atoms with E-state index in [4.69, 9.17) is 4.52 Å². The number of rotatable bonds is 3. The van der Waals surface area contributed by atoms with Crippen molar-refractivity contribution in [3.05, 3.63) is 17.5 Å². The van der Waals surface area contributed by atoms with Gasteiger partial charge < -0.3 is 14.9 Å². The van der Waals surface area contributed by atoms with Crippen molar-refractivity contribution >= 4 is 5.91 Å². The molecular formula is C10H14N2O3. The molecule has 0 radical (unpaired) electrons. The molecule has 1 heterocycles. The van der Waals surface area contributed by atoms with E-state index < -0.39 is 5.60 Å². The van der Waals surface area contributed by atoms with Crippen LogP contribution in [-0.4, -0.2) is 28.3 Å². The molecular weight excluding hydrogens is 196 g/mol. The van der Waals surface area contributed by atoms with E-state index in [1.165, 1.54) is 6.20 Å². The number of hydrogen-bond donors (Lipinski definition) is 2. The number of nitrogens with one attached hydrogen (secondary N) is 1. The van der Waals surface area contributed by atoms with Gasteiger partial charge in [-0.2, -0.15) is 0 Å². The molecule has 2 rings (SSSR count). The third-order valence-corrected chi connectivity index (χ3v) is 2.86. The highest BCUT2D eigenvalue weighted by Gasteiger charge is 2.34. The van der Waals surface area contributed by atoms with Crippen molar-refractivity contribution in [1.29, 1.82) is 0 Å². The summed E-state index contributed by atoms with van der Waals surface area (Å²) in [5.74, 6) is 0.252. The van der Waals surface area contributed by atoms with Crippen LogP contribution in [0.3, 0.4) is 0 Å². The zero-order valence-electron chi connectivity index (χ0n) is 8.62. The molecule has 5 heteroatoms. The van der Waals surface area contributed by atoms with E-state index in [-0.39, 0.29) is 5.91 Å². The van der Waals surface area contributed by atoms with Crippen LogP contribution in [0.4, 0.5) is 0 Å². The van der Waals surface area contributed by atoms with Crippen LogP contribution in [0.1, 0.15) is 35.4 Å². The average Bonchev–Trinajstić information content (AvgIpc) is 2.58. The topological polar surface area (TPSA) is 75.4 Å². The van der Waals surface area contributed by atoms with Crippen molar-refractivity contribution in [2.75, 3.05) is 6.54 Å². The smallest absolute Gasteiger partial charge is 0.256 e. The normalized spacial score (nSPS) is 18.3. The predicted molar refractivity (Wildman–Crippen MR) is 52.4 cm³/mol. The predicted octanol–water partition coefficient (Wildman–Crippen LogP) is 0.628. The number of nitrogens with zero attached hydrogens (tertiary/aromatic N) is 1. The molecule has 0 spiro atoms. The highest BCUT2D eigenvalue weighted by atomic mass is 16.5. The van der Waals surface area contributed by atoms with Gasteiger partial charge in [-0.1, -0.05) is 5.16 Å². The Morgan fingerprint density at radius 2 is 2.47 bits per heavy atom. The van der Waals surface area contributed by atoms with Gasteiger partial charge in [0.05, 0.1) is 11.8 Å². The van der Waals surface area contributed by atoms with Crippen molar-refractivity contribution in [2.45, 2.75) is 31.8 Å².